The van der Waals surface area contributed by atoms with E-state index in [-0.39, 0.29) is 5.82 Å². The molecule has 0 bridgehead atoms. The first kappa shape index (κ1) is 20.8. The first-order valence-corrected chi connectivity index (χ1v) is 10.1. The van der Waals surface area contributed by atoms with Crippen molar-refractivity contribution in [2.45, 2.75) is 50.7 Å². The number of nitrogens with one attached hydrogen (secondary N) is 1. The quantitative estimate of drug-likeness (QED) is 0.488. The largest absolute Gasteiger partial charge is 0.495 e. The molecule has 1 aliphatic heterocycles. The van der Waals surface area contributed by atoms with Crippen LogP contribution in [0.5, 0.6) is 0 Å². The smallest absolute Gasteiger partial charge is 0.399 e. The zero-order valence-corrected chi connectivity index (χ0v) is 18.2. The molecule has 1 saturated heterocycles. The van der Waals surface area contributed by atoms with E-state index in [0.717, 1.165) is 15.9 Å². The molecule has 8 heteroatoms. The summed E-state index contributed by atoms with van der Waals surface area (Å²) >= 11 is 13.3. The Labute approximate surface area is 174 Å². The van der Waals surface area contributed by atoms with Gasteiger partial charge in [0, 0.05) is 14.9 Å². The van der Waals surface area contributed by atoms with Gasteiger partial charge in [-0.05, 0) is 87.9 Å². The Hall–Kier alpha value is -0.915. The SMILES string of the molecule is Cc1cc(F)c(NSc2cc(Cl)cc(Cl)c2)cc1B1OC(C)(C)C(C)(C)O1. The van der Waals surface area contributed by atoms with Crippen molar-refractivity contribution in [2.24, 2.45) is 0 Å². The summed E-state index contributed by atoms with van der Waals surface area (Å²) in [4.78, 5) is 0.782. The van der Waals surface area contributed by atoms with Gasteiger partial charge in [-0.2, -0.15) is 0 Å². The Morgan fingerprint density at radius 2 is 1.52 bits per heavy atom. The summed E-state index contributed by atoms with van der Waals surface area (Å²) < 4.78 is 29.7. The maximum absolute atomic E-state index is 14.5. The molecule has 144 valence electrons. The Morgan fingerprint density at radius 1 is 0.963 bits per heavy atom. The van der Waals surface area contributed by atoms with Crippen LogP contribution in [0.3, 0.4) is 0 Å². The van der Waals surface area contributed by atoms with E-state index >= 15 is 0 Å². The second-order valence-corrected chi connectivity index (χ2v) is 9.34. The highest BCUT2D eigenvalue weighted by Gasteiger charge is 2.52. The van der Waals surface area contributed by atoms with Crippen LogP contribution < -0.4 is 10.2 Å². The van der Waals surface area contributed by atoms with Crippen molar-refractivity contribution in [1.82, 2.24) is 0 Å². The molecule has 0 radical (unpaired) electrons. The fraction of sp³-hybridized carbons (Fsp3) is 0.368. The molecule has 1 fully saturated rings. The molecule has 3 rings (SSSR count). The maximum atomic E-state index is 14.5. The third kappa shape index (κ3) is 4.41. The van der Waals surface area contributed by atoms with Crippen LogP contribution >= 0.6 is 35.1 Å². The van der Waals surface area contributed by atoms with E-state index in [1.54, 1.807) is 24.3 Å². The van der Waals surface area contributed by atoms with Crippen molar-refractivity contribution in [3.8, 4) is 0 Å². The van der Waals surface area contributed by atoms with Gasteiger partial charge in [0.15, 0.2) is 0 Å². The topological polar surface area (TPSA) is 30.5 Å². The van der Waals surface area contributed by atoms with E-state index in [1.807, 2.05) is 34.6 Å². The van der Waals surface area contributed by atoms with Crippen LogP contribution in [-0.4, -0.2) is 18.3 Å². The lowest BCUT2D eigenvalue weighted by Gasteiger charge is -2.32. The van der Waals surface area contributed by atoms with E-state index < -0.39 is 18.3 Å². The minimum Gasteiger partial charge on any atom is -0.399 e. The van der Waals surface area contributed by atoms with Gasteiger partial charge in [-0.3, -0.25) is 0 Å². The average molecular weight is 428 g/mol. The Kier molecular flexibility index (Phi) is 5.77. The molecule has 1 N–H and O–H groups in total. The van der Waals surface area contributed by atoms with Gasteiger partial charge >= 0.3 is 7.12 Å². The molecule has 0 aromatic heterocycles. The van der Waals surface area contributed by atoms with E-state index in [1.165, 1.54) is 18.0 Å². The Morgan fingerprint density at radius 3 is 2.07 bits per heavy atom. The lowest BCUT2D eigenvalue weighted by Crippen LogP contribution is -2.41. The first-order valence-electron chi connectivity index (χ1n) is 8.53. The van der Waals surface area contributed by atoms with Crippen molar-refractivity contribution in [2.75, 3.05) is 4.72 Å². The fourth-order valence-electron chi connectivity index (χ4n) is 2.69. The van der Waals surface area contributed by atoms with Gasteiger partial charge in [0.1, 0.15) is 5.82 Å². The molecule has 0 spiro atoms. The molecular weight excluding hydrogens is 407 g/mol. The van der Waals surface area contributed by atoms with Crippen LogP contribution in [0.2, 0.25) is 10.0 Å². The monoisotopic (exact) mass is 427 g/mol. The third-order valence-corrected chi connectivity index (χ3v) is 6.21. The van der Waals surface area contributed by atoms with Gasteiger partial charge in [-0.15, -0.1) is 0 Å². The van der Waals surface area contributed by atoms with Crippen LogP contribution in [-0.2, 0) is 9.31 Å². The van der Waals surface area contributed by atoms with Crippen molar-refractivity contribution in [1.29, 1.82) is 0 Å². The molecule has 3 nitrogen and oxygen atoms in total. The molecule has 27 heavy (non-hydrogen) atoms. The highest BCUT2D eigenvalue weighted by molar-refractivity contribution is 8.00. The van der Waals surface area contributed by atoms with Crippen LogP contribution in [0.25, 0.3) is 0 Å². The highest BCUT2D eigenvalue weighted by atomic mass is 35.5. The zero-order chi connectivity index (χ0) is 20.0. The van der Waals surface area contributed by atoms with Gasteiger partial charge in [0.25, 0.3) is 0 Å². The Bertz CT molecular complexity index is 843. The van der Waals surface area contributed by atoms with E-state index in [0.29, 0.717) is 15.7 Å². The van der Waals surface area contributed by atoms with Crippen molar-refractivity contribution in [3.63, 3.8) is 0 Å². The number of hydrogen-bond acceptors (Lipinski definition) is 4. The van der Waals surface area contributed by atoms with Gasteiger partial charge < -0.3 is 14.0 Å². The lowest BCUT2D eigenvalue weighted by atomic mass is 9.76. The molecule has 0 atom stereocenters. The normalized spacial score (nSPS) is 18.0. The predicted octanol–water partition coefficient (Wildman–Crippen LogP) is 5.86. The van der Waals surface area contributed by atoms with Crippen molar-refractivity contribution < 1.29 is 13.7 Å². The molecule has 2 aromatic carbocycles. The summed E-state index contributed by atoms with van der Waals surface area (Å²) in [5.74, 6) is -0.353. The van der Waals surface area contributed by atoms with Crippen LogP contribution in [0.4, 0.5) is 10.1 Å². The van der Waals surface area contributed by atoms with E-state index in [2.05, 4.69) is 4.72 Å². The van der Waals surface area contributed by atoms with Crippen molar-refractivity contribution in [3.05, 3.63) is 51.8 Å². The fourth-order valence-corrected chi connectivity index (χ4v) is 4.10. The molecule has 0 amide bonds. The summed E-state index contributed by atoms with van der Waals surface area (Å²) in [5, 5.41) is 1.04. The molecule has 0 unspecified atom stereocenters. The van der Waals surface area contributed by atoms with Crippen LogP contribution in [0, 0.1) is 12.7 Å². The van der Waals surface area contributed by atoms with Gasteiger partial charge in [0.2, 0.25) is 0 Å². The zero-order valence-electron chi connectivity index (χ0n) is 15.8. The summed E-state index contributed by atoms with van der Waals surface area (Å²) in [6, 6.07) is 8.37. The van der Waals surface area contributed by atoms with Crippen LogP contribution in [0.1, 0.15) is 33.3 Å². The molecular formula is C19H21BCl2FNO2S. The third-order valence-electron chi connectivity index (χ3n) is 4.98. The molecule has 2 aromatic rings. The number of halogens is 3. The van der Waals surface area contributed by atoms with Crippen molar-refractivity contribution >= 4 is 53.4 Å². The minimum atomic E-state index is -0.554. The van der Waals surface area contributed by atoms with E-state index in [9.17, 15) is 4.39 Å². The molecule has 0 aliphatic carbocycles. The number of rotatable bonds is 4. The second kappa shape index (κ2) is 7.49. The highest BCUT2D eigenvalue weighted by Crippen LogP contribution is 2.37. The number of hydrogen-bond donors (Lipinski definition) is 1. The first-order chi connectivity index (χ1) is 12.5. The molecule has 1 heterocycles. The second-order valence-electron chi connectivity index (χ2n) is 7.59. The van der Waals surface area contributed by atoms with Gasteiger partial charge in [-0.1, -0.05) is 23.2 Å². The Balaban J connectivity index is 1.84. The maximum Gasteiger partial charge on any atom is 0.495 e. The number of anilines is 1. The number of aryl methyl sites for hydroxylation is 1. The number of benzene rings is 2. The van der Waals surface area contributed by atoms with Gasteiger partial charge in [0.05, 0.1) is 16.9 Å². The molecule has 1 aliphatic rings. The summed E-state index contributed by atoms with van der Waals surface area (Å²) in [6.45, 7) is 9.80. The lowest BCUT2D eigenvalue weighted by molar-refractivity contribution is 0.00578. The average Bonchev–Trinajstić information content (AvgIpc) is 2.73. The van der Waals surface area contributed by atoms with Gasteiger partial charge in [-0.25, -0.2) is 4.39 Å². The predicted molar refractivity (Wildman–Crippen MR) is 113 cm³/mol. The van der Waals surface area contributed by atoms with E-state index in [4.69, 9.17) is 32.5 Å². The summed E-state index contributed by atoms with van der Waals surface area (Å²) in [6.07, 6.45) is 0. The summed E-state index contributed by atoms with van der Waals surface area (Å²) in [5.41, 5.74) is 0.984. The standard InChI is InChI=1S/C19H21BCl2FNO2S/c1-11-6-16(23)17(24-27-14-8-12(21)7-13(22)9-14)10-15(11)20-25-18(2,3)19(4,5)26-20/h6-10,24H,1-5H3. The van der Waals surface area contributed by atoms with Crippen LogP contribution in [0.15, 0.2) is 35.2 Å². The summed E-state index contributed by atoms with van der Waals surface area (Å²) in [7, 11) is -0.554. The molecule has 0 saturated carbocycles. The minimum absolute atomic E-state index is 0.339.